The van der Waals surface area contributed by atoms with Crippen molar-refractivity contribution in [2.45, 2.75) is 18.4 Å². The average molecular weight is 556 g/mol. The van der Waals surface area contributed by atoms with Crippen molar-refractivity contribution < 1.29 is 47.3 Å². The summed E-state index contributed by atoms with van der Waals surface area (Å²) in [4.78, 5) is 25.5. The van der Waals surface area contributed by atoms with Gasteiger partial charge in [-0.3, -0.25) is 4.84 Å². The highest BCUT2D eigenvalue weighted by molar-refractivity contribution is 6.31. The number of benzene rings is 2. The van der Waals surface area contributed by atoms with Gasteiger partial charge in [0.2, 0.25) is 0 Å². The zero-order valence-electron chi connectivity index (χ0n) is 18.4. The Hall–Kier alpha value is -2.97. The lowest BCUT2D eigenvalue weighted by Crippen LogP contribution is -2.34. The number of anilines is 1. The van der Waals surface area contributed by atoms with Crippen molar-refractivity contribution in [1.29, 1.82) is 0 Å². The number of carbonyl (C=O) groups excluding carboxylic acids is 1. The van der Waals surface area contributed by atoms with Gasteiger partial charge in [0.1, 0.15) is 36.9 Å². The fourth-order valence-corrected chi connectivity index (χ4v) is 3.06. The van der Waals surface area contributed by atoms with Gasteiger partial charge in [-0.15, -0.1) is 0 Å². The van der Waals surface area contributed by atoms with Crippen molar-refractivity contribution in [3.05, 3.63) is 52.5 Å². The Balaban J connectivity index is 0.000000572. The number of nitrogens with one attached hydrogen (secondary N) is 1. The molecule has 2 aromatic rings. The maximum Gasteiger partial charge on any atom is 0.490 e. The second-order valence-electron chi connectivity index (χ2n) is 7.23. The zero-order valence-corrected chi connectivity index (χ0v) is 19.9. The summed E-state index contributed by atoms with van der Waals surface area (Å²) in [5.41, 5.74) is 5.47. The van der Waals surface area contributed by atoms with E-state index in [0.717, 1.165) is 0 Å². The van der Waals surface area contributed by atoms with Gasteiger partial charge < -0.3 is 30.7 Å². The van der Waals surface area contributed by atoms with Crippen LogP contribution in [0.3, 0.4) is 0 Å². The number of nitrogens with zero attached hydrogens (tertiary/aromatic N) is 1. The Morgan fingerprint density at radius 2 is 1.81 bits per heavy atom. The minimum absolute atomic E-state index is 0.0162. The highest BCUT2D eigenvalue weighted by Gasteiger charge is 2.38. The second-order valence-corrected chi connectivity index (χ2v) is 8.11. The molecule has 15 heteroatoms. The standard InChI is InChI=1S/C19H21Cl2N3O5.C2HF3O2/c20-12-1-4-15(5-2-12)29-16-9-24(28-11-16)8-14(25)10-27-18-6-3-13(21)7-17(18)23-19(22)26;3-2(4,5)1(6)7/h1-7,14,16,25H,8-11H2,(H3,22,23,26);(H,6,7)/t14-,16+;/m0./s1. The van der Waals surface area contributed by atoms with Crippen LogP contribution in [0.25, 0.3) is 0 Å². The van der Waals surface area contributed by atoms with E-state index in [2.05, 4.69) is 5.32 Å². The van der Waals surface area contributed by atoms with Crippen molar-refractivity contribution in [1.82, 2.24) is 5.06 Å². The number of carboxylic acid groups (broad SMARTS) is 1. The van der Waals surface area contributed by atoms with Crippen molar-refractivity contribution in [3.63, 3.8) is 0 Å². The molecule has 0 saturated carbocycles. The van der Waals surface area contributed by atoms with Gasteiger partial charge in [-0.1, -0.05) is 23.2 Å². The SMILES string of the molecule is NC(=O)Nc1cc(Cl)ccc1OC[C@@H](O)CN1C[C@@H](Oc2ccc(Cl)cc2)CO1.O=C(O)C(F)(F)F. The smallest absolute Gasteiger partial charge is 0.489 e. The Bertz CT molecular complexity index is 1030. The lowest BCUT2D eigenvalue weighted by molar-refractivity contribution is -0.192. The molecule has 2 amide bonds. The molecule has 0 radical (unpaired) electrons. The van der Waals surface area contributed by atoms with Gasteiger partial charge in [0.05, 0.1) is 18.8 Å². The summed E-state index contributed by atoms with van der Waals surface area (Å²) in [6.45, 7) is 1.08. The van der Waals surface area contributed by atoms with Gasteiger partial charge in [-0.25, -0.2) is 9.59 Å². The van der Waals surface area contributed by atoms with Crippen LogP contribution in [0.15, 0.2) is 42.5 Å². The molecule has 36 heavy (non-hydrogen) atoms. The minimum Gasteiger partial charge on any atom is -0.489 e. The maximum absolute atomic E-state index is 11.1. The molecule has 0 bridgehead atoms. The van der Waals surface area contributed by atoms with Crippen LogP contribution in [0.5, 0.6) is 11.5 Å². The molecule has 198 valence electrons. The number of aliphatic carboxylic acids is 1. The number of carboxylic acids is 1. The van der Waals surface area contributed by atoms with E-state index in [4.69, 9.17) is 53.1 Å². The Morgan fingerprint density at radius 1 is 1.19 bits per heavy atom. The zero-order chi connectivity index (χ0) is 26.9. The van der Waals surface area contributed by atoms with Gasteiger partial charge in [0, 0.05) is 10.0 Å². The quantitative estimate of drug-likeness (QED) is 0.387. The van der Waals surface area contributed by atoms with E-state index in [0.29, 0.717) is 40.4 Å². The van der Waals surface area contributed by atoms with Crippen molar-refractivity contribution in [3.8, 4) is 11.5 Å². The summed E-state index contributed by atoms with van der Waals surface area (Å²) in [6.07, 6.45) is -6.08. The molecule has 1 aliphatic rings. The van der Waals surface area contributed by atoms with E-state index in [1.807, 2.05) is 0 Å². The molecular formula is C21H22Cl2F3N3O7. The van der Waals surface area contributed by atoms with Crippen molar-refractivity contribution >= 4 is 40.9 Å². The van der Waals surface area contributed by atoms with Crippen LogP contribution in [0, 0.1) is 0 Å². The van der Waals surface area contributed by atoms with E-state index in [1.165, 1.54) is 6.07 Å². The first kappa shape index (κ1) is 29.3. The fourth-order valence-electron chi connectivity index (χ4n) is 2.76. The number of ether oxygens (including phenoxy) is 2. The first-order valence-corrected chi connectivity index (χ1v) is 10.9. The minimum atomic E-state index is -5.08. The number of nitrogens with two attached hydrogens (primary N) is 1. The number of urea groups is 1. The van der Waals surface area contributed by atoms with Crippen LogP contribution in [-0.4, -0.2) is 72.0 Å². The molecule has 1 fully saturated rings. The summed E-state index contributed by atoms with van der Waals surface area (Å²) in [5, 5.41) is 22.5. The maximum atomic E-state index is 11.1. The monoisotopic (exact) mass is 555 g/mol. The van der Waals surface area contributed by atoms with E-state index in [1.54, 1.807) is 41.5 Å². The number of hydrogen-bond acceptors (Lipinski definition) is 7. The summed E-state index contributed by atoms with van der Waals surface area (Å²) >= 11 is 11.8. The third kappa shape index (κ3) is 10.3. The van der Waals surface area contributed by atoms with Crippen LogP contribution >= 0.6 is 23.2 Å². The molecule has 3 rings (SSSR count). The van der Waals surface area contributed by atoms with E-state index in [9.17, 15) is 23.1 Å². The van der Waals surface area contributed by atoms with Crippen molar-refractivity contribution in [2.75, 3.05) is 31.6 Å². The number of rotatable bonds is 8. The largest absolute Gasteiger partial charge is 0.490 e. The fraction of sp³-hybridized carbons (Fsp3) is 0.333. The molecule has 0 spiro atoms. The topological polar surface area (TPSA) is 144 Å². The van der Waals surface area contributed by atoms with Gasteiger partial charge in [0.15, 0.2) is 0 Å². The molecule has 0 aromatic heterocycles. The Labute approximate surface area is 213 Å². The molecule has 1 heterocycles. The number of primary amides is 1. The molecule has 10 nitrogen and oxygen atoms in total. The molecule has 2 atom stereocenters. The number of carbonyl (C=O) groups is 2. The van der Waals surface area contributed by atoms with E-state index in [-0.39, 0.29) is 19.3 Å². The Kier molecular flexibility index (Phi) is 10.9. The molecular weight excluding hydrogens is 534 g/mol. The lowest BCUT2D eigenvalue weighted by atomic mass is 10.3. The molecule has 0 aliphatic carbocycles. The number of hydrogen-bond donors (Lipinski definition) is 4. The summed E-state index contributed by atoms with van der Waals surface area (Å²) in [7, 11) is 0. The second kappa shape index (κ2) is 13.4. The molecule has 0 unspecified atom stereocenters. The molecule has 5 N–H and O–H groups in total. The highest BCUT2D eigenvalue weighted by Crippen LogP contribution is 2.28. The number of halogens is 5. The van der Waals surface area contributed by atoms with Crippen molar-refractivity contribution in [2.24, 2.45) is 5.73 Å². The number of hydroxylamine groups is 2. The van der Waals surface area contributed by atoms with Gasteiger partial charge >= 0.3 is 18.2 Å². The summed E-state index contributed by atoms with van der Waals surface area (Å²) in [6, 6.07) is 11.0. The average Bonchev–Trinajstić information content (AvgIpc) is 3.20. The van der Waals surface area contributed by atoms with E-state index < -0.39 is 24.3 Å². The van der Waals surface area contributed by atoms with Gasteiger partial charge in [-0.2, -0.15) is 18.2 Å². The van der Waals surface area contributed by atoms with Crippen LogP contribution in [-0.2, 0) is 9.63 Å². The highest BCUT2D eigenvalue weighted by atomic mass is 35.5. The number of alkyl halides is 3. The first-order chi connectivity index (χ1) is 16.8. The summed E-state index contributed by atoms with van der Waals surface area (Å²) in [5.74, 6) is -1.71. The van der Waals surface area contributed by atoms with Gasteiger partial charge in [0.25, 0.3) is 0 Å². The number of amides is 2. The Morgan fingerprint density at radius 3 is 2.39 bits per heavy atom. The van der Waals surface area contributed by atoms with Crippen LogP contribution in [0.1, 0.15) is 0 Å². The number of aliphatic hydroxyl groups is 1. The number of β-amino-alcohol motifs (C(OH)–C–C–N with tert-alkyl or cyclic N) is 1. The summed E-state index contributed by atoms with van der Waals surface area (Å²) < 4.78 is 43.2. The van der Waals surface area contributed by atoms with Crippen LogP contribution in [0.2, 0.25) is 10.0 Å². The van der Waals surface area contributed by atoms with Crippen LogP contribution < -0.4 is 20.5 Å². The predicted molar refractivity (Wildman–Crippen MR) is 123 cm³/mol. The predicted octanol–water partition coefficient (Wildman–Crippen LogP) is 3.55. The third-order valence-electron chi connectivity index (χ3n) is 4.25. The molecule has 1 aliphatic heterocycles. The van der Waals surface area contributed by atoms with Crippen LogP contribution in [0.4, 0.5) is 23.7 Å². The van der Waals surface area contributed by atoms with E-state index >= 15 is 0 Å². The van der Waals surface area contributed by atoms with Gasteiger partial charge in [-0.05, 0) is 42.5 Å². The lowest BCUT2D eigenvalue weighted by Gasteiger charge is -2.20. The number of aliphatic hydroxyl groups excluding tert-OH is 1. The molecule has 2 aromatic carbocycles. The first-order valence-electron chi connectivity index (χ1n) is 10.1. The molecule has 1 saturated heterocycles. The normalized spacial score (nSPS) is 16.4. The third-order valence-corrected chi connectivity index (χ3v) is 4.74.